The summed E-state index contributed by atoms with van der Waals surface area (Å²) in [6.07, 6.45) is 4.53. The first-order valence-corrected chi connectivity index (χ1v) is 7.19. The summed E-state index contributed by atoms with van der Waals surface area (Å²) in [5.41, 5.74) is 1.19. The van der Waals surface area contributed by atoms with Crippen molar-refractivity contribution in [1.82, 2.24) is 14.8 Å². The predicted molar refractivity (Wildman–Crippen MR) is 78.4 cm³/mol. The number of hydrogen-bond acceptors (Lipinski definition) is 2. The summed E-state index contributed by atoms with van der Waals surface area (Å²) < 4.78 is 1.98. The van der Waals surface area contributed by atoms with Crippen LogP contribution in [0.5, 0.6) is 0 Å². The number of hydrogen-bond donors (Lipinski definition) is 0. The van der Waals surface area contributed by atoms with E-state index in [1.54, 1.807) is 6.33 Å². The van der Waals surface area contributed by atoms with Gasteiger partial charge in [-0.1, -0.05) is 30.3 Å². The summed E-state index contributed by atoms with van der Waals surface area (Å²) in [6.45, 7) is 4.24. The summed E-state index contributed by atoms with van der Waals surface area (Å²) in [7, 11) is 0. The first-order chi connectivity index (χ1) is 9.18. The largest absolute Gasteiger partial charge is 0.248 e. The van der Waals surface area contributed by atoms with Crippen LogP contribution in [0, 0.1) is 0 Å². The Bertz CT molecular complexity index is 493. The van der Waals surface area contributed by atoms with E-state index in [9.17, 15) is 0 Å². The molecule has 4 heteroatoms. The van der Waals surface area contributed by atoms with E-state index in [0.717, 1.165) is 25.1 Å². The maximum absolute atomic E-state index is 6.41. The molecule has 1 unspecified atom stereocenters. The van der Waals surface area contributed by atoms with Gasteiger partial charge in [-0.2, -0.15) is 5.10 Å². The monoisotopic (exact) mass is 277 g/mol. The Labute approximate surface area is 119 Å². The van der Waals surface area contributed by atoms with Gasteiger partial charge in [-0.25, -0.2) is 9.67 Å². The molecule has 0 fully saturated rings. The van der Waals surface area contributed by atoms with Crippen LogP contribution in [0.25, 0.3) is 0 Å². The average molecular weight is 278 g/mol. The molecule has 1 heterocycles. The zero-order chi connectivity index (χ0) is 13.7. The van der Waals surface area contributed by atoms with E-state index in [-0.39, 0.29) is 5.38 Å². The van der Waals surface area contributed by atoms with E-state index >= 15 is 0 Å². The summed E-state index contributed by atoms with van der Waals surface area (Å²) in [4.78, 5) is 4.32. The van der Waals surface area contributed by atoms with Crippen molar-refractivity contribution in [1.29, 1.82) is 0 Å². The molecule has 0 radical (unpaired) electrons. The van der Waals surface area contributed by atoms with Crippen LogP contribution < -0.4 is 0 Å². The Balaban J connectivity index is 1.85. The molecule has 0 aliphatic carbocycles. The quantitative estimate of drug-likeness (QED) is 0.742. The third-order valence-electron chi connectivity index (χ3n) is 3.16. The van der Waals surface area contributed by atoms with Gasteiger partial charge in [-0.3, -0.25) is 0 Å². The predicted octanol–water partition coefficient (Wildman–Crippen LogP) is 4.16. The summed E-state index contributed by atoms with van der Waals surface area (Å²) in [5, 5.41) is 4.32. The maximum Gasteiger partial charge on any atom is 0.138 e. The van der Waals surface area contributed by atoms with Gasteiger partial charge in [-0.15, -0.1) is 11.6 Å². The molecule has 1 aromatic heterocycles. The van der Waals surface area contributed by atoms with Gasteiger partial charge in [0.2, 0.25) is 0 Å². The number of alkyl halides is 1. The Morgan fingerprint density at radius 3 is 2.63 bits per heavy atom. The molecular formula is C15H20ClN3. The molecule has 0 aliphatic rings. The normalized spacial score (nSPS) is 12.8. The average Bonchev–Trinajstić information content (AvgIpc) is 2.88. The van der Waals surface area contributed by atoms with Crippen molar-refractivity contribution in [3.63, 3.8) is 0 Å². The highest BCUT2D eigenvalue weighted by Gasteiger charge is 2.10. The maximum atomic E-state index is 6.41. The van der Waals surface area contributed by atoms with Crippen LogP contribution in [0.15, 0.2) is 36.7 Å². The lowest BCUT2D eigenvalue weighted by Gasteiger charge is -2.11. The van der Waals surface area contributed by atoms with E-state index in [1.807, 2.05) is 22.9 Å². The zero-order valence-electron chi connectivity index (χ0n) is 11.5. The number of aryl methyl sites for hydroxylation is 1. The Morgan fingerprint density at radius 1 is 1.21 bits per heavy atom. The number of rotatable bonds is 6. The molecule has 0 amide bonds. The Morgan fingerprint density at radius 2 is 1.95 bits per heavy atom. The molecule has 102 valence electrons. The van der Waals surface area contributed by atoms with E-state index < -0.39 is 0 Å². The van der Waals surface area contributed by atoms with Gasteiger partial charge in [0.1, 0.15) is 12.2 Å². The van der Waals surface area contributed by atoms with Gasteiger partial charge in [0.15, 0.2) is 0 Å². The fourth-order valence-electron chi connectivity index (χ4n) is 2.15. The van der Waals surface area contributed by atoms with Crippen molar-refractivity contribution < 1.29 is 0 Å². The van der Waals surface area contributed by atoms with Gasteiger partial charge in [0, 0.05) is 12.5 Å². The minimum atomic E-state index is 0.0802. The molecular weight excluding hydrogens is 258 g/mol. The highest BCUT2D eigenvalue weighted by atomic mass is 35.5. The minimum Gasteiger partial charge on any atom is -0.248 e. The lowest BCUT2D eigenvalue weighted by molar-refractivity contribution is 0.498. The summed E-state index contributed by atoms with van der Waals surface area (Å²) >= 11 is 6.41. The fraction of sp³-hybridized carbons (Fsp3) is 0.467. The van der Waals surface area contributed by atoms with Crippen LogP contribution in [0.2, 0.25) is 0 Å². The van der Waals surface area contributed by atoms with Gasteiger partial charge >= 0.3 is 0 Å². The zero-order valence-corrected chi connectivity index (χ0v) is 12.2. The fourth-order valence-corrected chi connectivity index (χ4v) is 2.45. The van der Waals surface area contributed by atoms with Gasteiger partial charge in [-0.05, 0) is 32.3 Å². The first-order valence-electron chi connectivity index (χ1n) is 6.76. The van der Waals surface area contributed by atoms with Crippen molar-refractivity contribution in [3.8, 4) is 0 Å². The van der Waals surface area contributed by atoms with E-state index in [1.165, 1.54) is 5.56 Å². The molecule has 0 spiro atoms. The molecule has 0 aliphatic heterocycles. The molecule has 3 nitrogen and oxygen atoms in total. The standard InChI is InChI=1S/C15H20ClN3/c1-12(2)19-15(17-11-18-19)10-6-9-14(16)13-7-4-3-5-8-13/h3-5,7-8,11-12,14H,6,9-10H2,1-2H3. The van der Waals surface area contributed by atoms with Crippen molar-refractivity contribution in [3.05, 3.63) is 48.0 Å². The molecule has 2 rings (SSSR count). The number of aromatic nitrogens is 3. The second-order valence-electron chi connectivity index (χ2n) is 4.99. The first kappa shape index (κ1) is 14.1. The van der Waals surface area contributed by atoms with Gasteiger partial charge in [0.05, 0.1) is 5.38 Å². The van der Waals surface area contributed by atoms with Gasteiger partial charge < -0.3 is 0 Å². The second-order valence-corrected chi connectivity index (χ2v) is 5.51. The van der Waals surface area contributed by atoms with Crippen molar-refractivity contribution in [2.75, 3.05) is 0 Å². The molecule has 2 aromatic rings. The molecule has 0 saturated carbocycles. The van der Waals surface area contributed by atoms with Gasteiger partial charge in [0.25, 0.3) is 0 Å². The Hall–Kier alpha value is -1.35. The SMILES string of the molecule is CC(C)n1ncnc1CCCC(Cl)c1ccccc1. The van der Waals surface area contributed by atoms with Crippen LogP contribution >= 0.6 is 11.6 Å². The highest BCUT2D eigenvalue weighted by Crippen LogP contribution is 2.25. The molecule has 1 atom stereocenters. The number of nitrogens with zero attached hydrogens (tertiary/aromatic N) is 3. The lowest BCUT2D eigenvalue weighted by atomic mass is 10.1. The molecule has 0 saturated heterocycles. The summed E-state index contributed by atoms with van der Waals surface area (Å²) in [6, 6.07) is 10.6. The van der Waals surface area contributed by atoms with Crippen molar-refractivity contribution in [2.45, 2.75) is 44.5 Å². The lowest BCUT2D eigenvalue weighted by Crippen LogP contribution is -2.08. The van der Waals surface area contributed by atoms with Crippen LogP contribution in [0.3, 0.4) is 0 Å². The molecule has 1 aromatic carbocycles. The van der Waals surface area contributed by atoms with Crippen molar-refractivity contribution >= 4 is 11.6 Å². The van der Waals surface area contributed by atoms with Crippen LogP contribution in [0.1, 0.15) is 49.5 Å². The topological polar surface area (TPSA) is 30.7 Å². The van der Waals surface area contributed by atoms with E-state index in [2.05, 4.69) is 36.1 Å². The molecule has 0 bridgehead atoms. The molecule has 19 heavy (non-hydrogen) atoms. The Kier molecular flexibility index (Phi) is 4.97. The van der Waals surface area contributed by atoms with Crippen molar-refractivity contribution in [2.24, 2.45) is 0 Å². The van der Waals surface area contributed by atoms with E-state index in [0.29, 0.717) is 6.04 Å². The van der Waals surface area contributed by atoms with Crippen LogP contribution in [0.4, 0.5) is 0 Å². The number of benzene rings is 1. The number of halogens is 1. The molecule has 0 N–H and O–H groups in total. The third-order valence-corrected chi connectivity index (χ3v) is 3.63. The smallest absolute Gasteiger partial charge is 0.138 e. The minimum absolute atomic E-state index is 0.0802. The second kappa shape index (κ2) is 6.71. The summed E-state index contributed by atoms with van der Waals surface area (Å²) in [5.74, 6) is 1.05. The third kappa shape index (κ3) is 3.80. The van der Waals surface area contributed by atoms with Crippen LogP contribution in [-0.2, 0) is 6.42 Å². The van der Waals surface area contributed by atoms with Crippen LogP contribution in [-0.4, -0.2) is 14.8 Å². The highest BCUT2D eigenvalue weighted by molar-refractivity contribution is 6.20. The van der Waals surface area contributed by atoms with E-state index in [4.69, 9.17) is 11.6 Å².